The van der Waals surface area contributed by atoms with E-state index in [1.807, 2.05) is 0 Å². The summed E-state index contributed by atoms with van der Waals surface area (Å²) >= 11 is 0. The zero-order chi connectivity index (χ0) is 33.9. The Morgan fingerprint density at radius 1 is 1.18 bits per heavy atom. The van der Waals surface area contributed by atoms with Crippen molar-refractivity contribution in [3.8, 4) is 0 Å². The van der Waals surface area contributed by atoms with E-state index in [2.05, 4.69) is 22.0 Å². The first kappa shape index (κ1) is 35.5. The van der Waals surface area contributed by atoms with E-state index in [9.17, 15) is 39.9 Å². The van der Waals surface area contributed by atoms with Crippen LogP contribution in [0.25, 0.3) is 0 Å². The number of tetrazole rings is 1. The standard InChI is InChI=1S/C28H33F8N7O2/c1-15(2)45-26(44)41-9-8-23(21-12-20(28(34,35)36)6-7-22(21)41)42(25-38-40-43(39-25)14-18(5)37)13-16(3)10-19(24(29)30)11-17(4)27(31,32)33/h6-7,10-12,15,18,23-24H,4,8-9,13-14,37H2,1-3,5H3/b16-10+,19-11+/t18-,23?/m0/s1. The molecule has 2 atom stereocenters. The maximum Gasteiger partial charge on any atom is 0.416 e. The number of anilines is 2. The summed E-state index contributed by atoms with van der Waals surface area (Å²) in [5.74, 6) is -0.114. The maximum atomic E-state index is 13.8. The third-order valence-corrected chi connectivity index (χ3v) is 6.50. The summed E-state index contributed by atoms with van der Waals surface area (Å²) in [4.78, 5) is 16.6. The number of ether oxygens (including phenoxy) is 1. The molecule has 0 bridgehead atoms. The maximum absolute atomic E-state index is 13.8. The molecule has 45 heavy (non-hydrogen) atoms. The smallest absolute Gasteiger partial charge is 0.416 e. The van der Waals surface area contributed by atoms with Crippen LogP contribution in [-0.2, 0) is 17.5 Å². The molecule has 9 nitrogen and oxygen atoms in total. The van der Waals surface area contributed by atoms with Crippen molar-refractivity contribution >= 4 is 17.7 Å². The Morgan fingerprint density at radius 3 is 2.40 bits per heavy atom. The van der Waals surface area contributed by atoms with Gasteiger partial charge in [0.05, 0.1) is 29.9 Å². The van der Waals surface area contributed by atoms with E-state index in [0.717, 1.165) is 29.1 Å². The molecular weight excluding hydrogens is 618 g/mol. The summed E-state index contributed by atoms with van der Waals surface area (Å²) in [6.45, 7) is 8.83. The van der Waals surface area contributed by atoms with Crippen LogP contribution in [-0.4, -0.2) is 64.1 Å². The van der Waals surface area contributed by atoms with E-state index in [4.69, 9.17) is 10.5 Å². The minimum atomic E-state index is -4.94. The highest BCUT2D eigenvalue weighted by molar-refractivity contribution is 5.90. The second kappa shape index (κ2) is 14.0. The molecule has 1 aromatic heterocycles. The molecule has 248 valence electrons. The Kier molecular flexibility index (Phi) is 11.0. The molecule has 0 radical (unpaired) electrons. The number of fused-ring (bicyclic) bond motifs is 1. The second-order valence-electron chi connectivity index (χ2n) is 10.9. The van der Waals surface area contributed by atoms with E-state index in [0.29, 0.717) is 0 Å². The third kappa shape index (κ3) is 9.25. The first-order valence-electron chi connectivity index (χ1n) is 13.7. The highest BCUT2D eigenvalue weighted by Crippen LogP contribution is 2.42. The number of allylic oxidation sites excluding steroid dienone is 4. The Balaban J connectivity index is 2.16. The lowest BCUT2D eigenvalue weighted by Crippen LogP contribution is -2.43. The van der Waals surface area contributed by atoms with Crippen LogP contribution in [0.1, 0.15) is 51.3 Å². The Hall–Kier alpha value is -4.02. The fraction of sp³-hybridized carbons (Fsp3) is 0.500. The van der Waals surface area contributed by atoms with Crippen molar-refractivity contribution in [3.63, 3.8) is 0 Å². The summed E-state index contributed by atoms with van der Waals surface area (Å²) in [6.07, 6.45) is -13.2. The van der Waals surface area contributed by atoms with Crippen molar-refractivity contribution < 1.29 is 44.7 Å². The van der Waals surface area contributed by atoms with E-state index < -0.39 is 59.8 Å². The fourth-order valence-corrected chi connectivity index (χ4v) is 4.60. The van der Waals surface area contributed by atoms with Gasteiger partial charge in [0.25, 0.3) is 12.4 Å². The number of rotatable bonds is 10. The molecule has 1 aliphatic heterocycles. The van der Waals surface area contributed by atoms with Gasteiger partial charge in [0.15, 0.2) is 0 Å². The van der Waals surface area contributed by atoms with Gasteiger partial charge >= 0.3 is 18.4 Å². The van der Waals surface area contributed by atoms with Crippen molar-refractivity contribution in [3.05, 3.63) is 64.8 Å². The van der Waals surface area contributed by atoms with Gasteiger partial charge in [0, 0.05) is 30.3 Å². The zero-order valence-corrected chi connectivity index (χ0v) is 24.8. The lowest BCUT2D eigenvalue weighted by atomic mass is 9.92. The van der Waals surface area contributed by atoms with Gasteiger partial charge < -0.3 is 15.4 Å². The lowest BCUT2D eigenvalue weighted by Gasteiger charge is -2.39. The number of nitrogens with two attached hydrogens (primary N) is 1. The molecule has 17 heteroatoms. The molecular formula is C28H33F8N7O2. The molecule has 0 saturated heterocycles. The summed E-state index contributed by atoms with van der Waals surface area (Å²) in [6, 6.07) is 1.44. The van der Waals surface area contributed by atoms with Gasteiger partial charge in [-0.3, -0.25) is 4.90 Å². The molecule has 1 aromatic carbocycles. The van der Waals surface area contributed by atoms with Gasteiger partial charge in [0.2, 0.25) is 0 Å². The number of hydrogen-bond acceptors (Lipinski definition) is 7. The summed E-state index contributed by atoms with van der Waals surface area (Å²) in [5.41, 5.74) is 2.56. The van der Waals surface area contributed by atoms with Crippen LogP contribution in [0.15, 0.2) is 53.6 Å². The topological polar surface area (TPSA) is 102 Å². The average Bonchev–Trinajstić information content (AvgIpc) is 3.36. The van der Waals surface area contributed by atoms with E-state index in [-0.39, 0.29) is 54.9 Å². The van der Waals surface area contributed by atoms with Crippen LogP contribution >= 0.6 is 0 Å². The first-order valence-corrected chi connectivity index (χ1v) is 13.7. The van der Waals surface area contributed by atoms with Crippen molar-refractivity contribution in [1.82, 2.24) is 20.2 Å². The van der Waals surface area contributed by atoms with Gasteiger partial charge in [-0.1, -0.05) is 23.3 Å². The van der Waals surface area contributed by atoms with Crippen molar-refractivity contribution in [2.45, 2.75) is 77.6 Å². The predicted molar refractivity (Wildman–Crippen MR) is 150 cm³/mol. The Bertz CT molecular complexity index is 1430. The Morgan fingerprint density at radius 2 is 1.84 bits per heavy atom. The van der Waals surface area contributed by atoms with E-state index in [1.165, 1.54) is 16.7 Å². The number of hydrogen-bond donors (Lipinski definition) is 1. The highest BCUT2D eigenvalue weighted by Gasteiger charge is 2.38. The molecule has 3 rings (SSSR count). The molecule has 2 aromatic rings. The Labute approximate surface area is 254 Å². The van der Waals surface area contributed by atoms with E-state index >= 15 is 0 Å². The van der Waals surface area contributed by atoms with Gasteiger partial charge in [-0.2, -0.15) is 31.1 Å². The predicted octanol–water partition coefficient (Wildman–Crippen LogP) is 6.60. The minimum Gasteiger partial charge on any atom is -0.446 e. The summed E-state index contributed by atoms with van der Waals surface area (Å²) in [7, 11) is 0. The largest absolute Gasteiger partial charge is 0.446 e. The van der Waals surface area contributed by atoms with Gasteiger partial charge in [-0.05, 0) is 69.2 Å². The zero-order valence-electron chi connectivity index (χ0n) is 24.8. The second-order valence-corrected chi connectivity index (χ2v) is 10.9. The molecule has 1 unspecified atom stereocenters. The molecule has 0 spiro atoms. The number of carbonyl (C=O) groups excluding carboxylic acids is 1. The normalized spacial score (nSPS) is 17.0. The lowest BCUT2D eigenvalue weighted by molar-refractivity contribution is -0.137. The quantitative estimate of drug-likeness (QED) is 0.228. The van der Waals surface area contributed by atoms with Crippen LogP contribution < -0.4 is 15.5 Å². The molecule has 0 aliphatic carbocycles. The number of benzene rings is 1. The van der Waals surface area contributed by atoms with Crippen molar-refractivity contribution in [2.24, 2.45) is 5.73 Å². The van der Waals surface area contributed by atoms with Gasteiger partial charge in [0.1, 0.15) is 0 Å². The average molecular weight is 652 g/mol. The highest BCUT2D eigenvalue weighted by atomic mass is 19.4. The van der Waals surface area contributed by atoms with Crippen LogP contribution in [0.3, 0.4) is 0 Å². The van der Waals surface area contributed by atoms with Crippen molar-refractivity contribution in [1.29, 1.82) is 0 Å². The van der Waals surface area contributed by atoms with Gasteiger partial charge in [-0.15, -0.1) is 5.10 Å². The molecule has 2 heterocycles. The van der Waals surface area contributed by atoms with Crippen molar-refractivity contribution in [2.75, 3.05) is 22.9 Å². The number of aromatic nitrogens is 4. The van der Waals surface area contributed by atoms with Crippen LogP contribution in [0.2, 0.25) is 0 Å². The number of alkyl halides is 8. The third-order valence-electron chi connectivity index (χ3n) is 6.50. The molecule has 2 N–H and O–H groups in total. The van der Waals surface area contributed by atoms with Gasteiger partial charge in [-0.25, -0.2) is 13.6 Å². The number of amides is 1. The van der Waals surface area contributed by atoms with E-state index in [1.54, 1.807) is 20.8 Å². The molecule has 0 saturated carbocycles. The fourth-order valence-electron chi connectivity index (χ4n) is 4.60. The summed E-state index contributed by atoms with van der Waals surface area (Å²) < 4.78 is 113. The number of carbonyl (C=O) groups is 1. The molecule has 1 aliphatic rings. The minimum absolute atomic E-state index is 0.0129. The van der Waals surface area contributed by atoms with Crippen LogP contribution in [0.5, 0.6) is 0 Å². The van der Waals surface area contributed by atoms with Crippen LogP contribution in [0, 0.1) is 0 Å². The summed E-state index contributed by atoms with van der Waals surface area (Å²) in [5, 5.41) is 12.2. The first-order chi connectivity index (χ1) is 20.8. The molecule has 1 amide bonds. The SMILES string of the molecule is C=C(/C=C(\C=C(/C)CN(c1nnn(C[C@H](C)N)n1)C1CCN(C(=O)OC(C)C)c2ccc(C(F)(F)F)cc21)C(F)F)C(F)(F)F. The number of halogens is 8. The molecule has 0 fully saturated rings. The monoisotopic (exact) mass is 651 g/mol. The number of nitrogens with zero attached hydrogens (tertiary/aromatic N) is 6. The van der Waals surface area contributed by atoms with Crippen LogP contribution in [0.4, 0.5) is 51.6 Å².